The molecule has 0 radical (unpaired) electrons. The van der Waals surface area contributed by atoms with Gasteiger partial charge in [0.2, 0.25) is 0 Å². The minimum atomic E-state index is -5.02. The van der Waals surface area contributed by atoms with Gasteiger partial charge in [0.25, 0.3) is 0 Å². The van der Waals surface area contributed by atoms with Gasteiger partial charge >= 0.3 is 267 Å². The molecule has 2 bridgehead atoms. The predicted octanol–water partition coefficient (Wildman–Crippen LogP) is 4.86. The number of benzene rings is 3. The van der Waals surface area contributed by atoms with E-state index in [9.17, 15) is 22.8 Å². The Kier molecular flexibility index (Phi) is 10.3. The van der Waals surface area contributed by atoms with Gasteiger partial charge in [0.15, 0.2) is 0 Å². The Balaban J connectivity index is 1.30. The summed E-state index contributed by atoms with van der Waals surface area (Å²) in [6.07, 6.45) is 1.16. The van der Waals surface area contributed by atoms with Crippen LogP contribution >= 0.6 is 18.2 Å². The first-order chi connectivity index (χ1) is 24.8. The summed E-state index contributed by atoms with van der Waals surface area (Å²) in [5.74, 6) is 1.32. The van der Waals surface area contributed by atoms with Crippen molar-refractivity contribution in [2.24, 2.45) is 0 Å². The standard InChI is InChI=1S/C36H40N5O8PS2/c1-5-23-50(26-15-9-6-10-16-26,27-17-11-7-12-18-27,28-19-13-8-14-20-28)49-52(45,46)48-41-30-25-40(35(41)44)24-29-31(30)51-33(39-29)32(42)37-21-22-38-34(43)47-36(2,3)4/h5-20,23,30H,21-22,24-25H2,1-4H3,(H,37,42)(H,38,43). The second kappa shape index (κ2) is 14.4. The van der Waals surface area contributed by atoms with Crippen molar-refractivity contribution in [1.82, 2.24) is 25.6 Å². The van der Waals surface area contributed by atoms with Crippen LogP contribution in [0.15, 0.2) is 103 Å². The van der Waals surface area contributed by atoms with E-state index in [1.54, 1.807) is 39.6 Å². The topological polar surface area (TPSA) is 156 Å². The number of fused-ring (bicyclic) bond motifs is 4. The Hall–Kier alpha value is -4.66. The zero-order valence-corrected chi connectivity index (χ0v) is 31.6. The molecule has 6 rings (SSSR count). The van der Waals surface area contributed by atoms with E-state index >= 15 is 0 Å². The van der Waals surface area contributed by atoms with Crippen molar-refractivity contribution in [2.45, 2.75) is 45.9 Å². The number of rotatable bonds is 12. The molecule has 2 aliphatic heterocycles. The van der Waals surface area contributed by atoms with E-state index in [2.05, 4.69) is 15.6 Å². The summed E-state index contributed by atoms with van der Waals surface area (Å²) in [7, 11) is -5.02. The molecule has 2 N–H and O–H groups in total. The van der Waals surface area contributed by atoms with Crippen molar-refractivity contribution in [3.8, 4) is 0 Å². The molecule has 1 fully saturated rings. The number of thiazole rings is 1. The van der Waals surface area contributed by atoms with E-state index in [0.717, 1.165) is 16.4 Å². The molecule has 3 heterocycles. The molecule has 3 aromatic carbocycles. The first-order valence-electron chi connectivity index (χ1n) is 16.6. The van der Waals surface area contributed by atoms with Crippen LogP contribution in [0, 0.1) is 0 Å². The zero-order valence-electron chi connectivity index (χ0n) is 29.1. The number of carbonyl (C=O) groups is 3. The molecule has 0 aliphatic carbocycles. The fourth-order valence-corrected chi connectivity index (χ4v) is 15.0. The first kappa shape index (κ1) is 37.1. The van der Waals surface area contributed by atoms with Gasteiger partial charge in [-0.3, -0.25) is 0 Å². The van der Waals surface area contributed by atoms with Gasteiger partial charge in [-0.2, -0.15) is 0 Å². The molecule has 4 amide bonds. The number of urea groups is 1. The molecule has 52 heavy (non-hydrogen) atoms. The number of allylic oxidation sites excluding steroid dienone is 1. The molecular formula is C36H40N5O8PS2. The number of alkyl carbamates (subject to hydrolysis) is 1. The van der Waals surface area contributed by atoms with Crippen LogP contribution in [-0.4, -0.2) is 66.6 Å². The Morgan fingerprint density at radius 3 is 1.98 bits per heavy atom. The summed E-state index contributed by atoms with van der Waals surface area (Å²) in [5.41, 5.74) is -0.194. The van der Waals surface area contributed by atoms with Crippen LogP contribution in [0.4, 0.5) is 9.59 Å². The van der Waals surface area contributed by atoms with E-state index in [0.29, 0.717) is 26.5 Å². The van der Waals surface area contributed by atoms with Gasteiger partial charge in [0.05, 0.1) is 0 Å². The van der Waals surface area contributed by atoms with Crippen LogP contribution < -0.4 is 26.5 Å². The zero-order chi connectivity index (χ0) is 37.2. The quantitative estimate of drug-likeness (QED) is 0.152. The molecule has 1 atom stereocenters. The van der Waals surface area contributed by atoms with E-state index in [1.165, 1.54) is 4.90 Å². The Labute approximate surface area is 306 Å². The van der Waals surface area contributed by atoms with Gasteiger partial charge in [-0.25, -0.2) is 4.79 Å². The second-order valence-electron chi connectivity index (χ2n) is 13.2. The van der Waals surface area contributed by atoms with Crippen LogP contribution in [0.1, 0.15) is 54.1 Å². The molecule has 0 spiro atoms. The van der Waals surface area contributed by atoms with Crippen molar-refractivity contribution in [2.75, 3.05) is 19.6 Å². The van der Waals surface area contributed by atoms with E-state index in [1.807, 2.05) is 91.0 Å². The summed E-state index contributed by atoms with van der Waals surface area (Å²) in [6, 6.07) is 25.9. The van der Waals surface area contributed by atoms with Crippen LogP contribution in [0.3, 0.4) is 0 Å². The Morgan fingerprint density at radius 1 is 0.923 bits per heavy atom. The summed E-state index contributed by atoms with van der Waals surface area (Å²) >= 11 is 1.04. The fraction of sp³-hybridized carbons (Fsp3) is 0.278. The number of aromatic nitrogens is 1. The summed E-state index contributed by atoms with van der Waals surface area (Å²) in [5, 5.41) is 8.03. The molecule has 0 saturated carbocycles. The molecule has 2 aliphatic rings. The predicted molar refractivity (Wildman–Crippen MR) is 200 cm³/mol. The van der Waals surface area contributed by atoms with Crippen LogP contribution in [0.25, 0.3) is 0 Å². The summed E-state index contributed by atoms with van der Waals surface area (Å²) in [6.45, 7) is 2.94. The fourth-order valence-electron chi connectivity index (χ4n) is 6.40. The van der Waals surface area contributed by atoms with Crippen LogP contribution in [0.2, 0.25) is 0 Å². The molecule has 16 heteroatoms. The van der Waals surface area contributed by atoms with Gasteiger partial charge in [-0.15, -0.1) is 0 Å². The maximum atomic E-state index is 14.5. The SMILES string of the molecule is CC=CP(OS(=O)(=O)ON1C(=O)N2Cc3nc(C(=O)NCCNC(=O)OC(C)(C)C)sc3C1C2)(c1ccccc1)(c1ccccc1)c1ccccc1. The Bertz CT molecular complexity index is 1990. The first-order valence-corrected chi connectivity index (χ1v) is 20.9. The van der Waals surface area contributed by atoms with Gasteiger partial charge in [0.1, 0.15) is 5.60 Å². The number of hydroxylamine groups is 2. The van der Waals surface area contributed by atoms with Crippen molar-refractivity contribution >= 4 is 62.5 Å². The van der Waals surface area contributed by atoms with Crippen molar-refractivity contribution < 1.29 is 35.8 Å². The normalized spacial score (nSPS) is 16.7. The summed E-state index contributed by atoms with van der Waals surface area (Å²) in [4.78, 5) is 44.9. The summed E-state index contributed by atoms with van der Waals surface area (Å²) < 4.78 is 46.4. The molecule has 1 aromatic heterocycles. The third-order valence-corrected chi connectivity index (χ3v) is 16.8. The van der Waals surface area contributed by atoms with Gasteiger partial charge < -0.3 is 10.1 Å². The monoisotopic (exact) mass is 765 g/mol. The third-order valence-electron chi connectivity index (χ3n) is 8.44. The van der Waals surface area contributed by atoms with E-state index in [4.69, 9.17) is 13.0 Å². The van der Waals surface area contributed by atoms with Gasteiger partial charge in [-0.05, 0) is 20.8 Å². The molecule has 274 valence electrons. The molecule has 4 aromatic rings. The van der Waals surface area contributed by atoms with Gasteiger partial charge in [0, 0.05) is 0 Å². The minimum absolute atomic E-state index is 0.0610. The number of nitrogens with zero attached hydrogens (tertiary/aromatic N) is 3. The van der Waals surface area contributed by atoms with Crippen molar-refractivity contribution in [3.05, 3.63) is 118 Å². The number of ether oxygens (including phenoxy) is 1. The second-order valence-corrected chi connectivity index (χ2v) is 19.8. The molecule has 13 nitrogen and oxygen atoms in total. The molecule has 1 unspecified atom stereocenters. The van der Waals surface area contributed by atoms with E-state index in [-0.39, 0.29) is 31.2 Å². The van der Waals surface area contributed by atoms with E-state index < -0.39 is 46.9 Å². The van der Waals surface area contributed by atoms with Crippen LogP contribution in [0.5, 0.6) is 0 Å². The Morgan fingerprint density at radius 2 is 1.46 bits per heavy atom. The number of carbonyl (C=O) groups excluding carboxylic acids is 3. The van der Waals surface area contributed by atoms with Crippen molar-refractivity contribution in [3.63, 3.8) is 0 Å². The third kappa shape index (κ3) is 7.06. The maximum absolute atomic E-state index is 14.5. The van der Waals surface area contributed by atoms with Gasteiger partial charge in [-0.1, -0.05) is 0 Å². The molecular weight excluding hydrogens is 726 g/mol. The number of amides is 4. The average Bonchev–Trinajstić information content (AvgIpc) is 3.66. The van der Waals surface area contributed by atoms with Crippen LogP contribution in [-0.2, 0) is 29.9 Å². The number of hydrogen-bond donors (Lipinski definition) is 2. The number of nitrogens with one attached hydrogen (secondary N) is 2. The number of hydrogen-bond acceptors (Lipinski definition) is 10. The molecule has 1 saturated heterocycles. The average molecular weight is 766 g/mol. The van der Waals surface area contributed by atoms with Crippen molar-refractivity contribution in [1.29, 1.82) is 0 Å².